The normalized spacial score (nSPS) is 10.5. The van der Waals surface area contributed by atoms with E-state index in [1.807, 2.05) is 29.6 Å². The number of halogens is 1. The largest absolute Gasteiger partial charge is 0.347 e. The van der Waals surface area contributed by atoms with Gasteiger partial charge >= 0.3 is 0 Å². The maximum Gasteiger partial charge on any atom is 0.255 e. The van der Waals surface area contributed by atoms with Crippen molar-refractivity contribution in [3.63, 3.8) is 0 Å². The first-order valence-corrected chi connectivity index (χ1v) is 7.59. The van der Waals surface area contributed by atoms with E-state index in [1.54, 1.807) is 23.5 Å². The molecule has 0 fully saturated rings. The Bertz CT molecular complexity index is 752. The number of benzene rings is 1. The highest BCUT2D eigenvalue weighted by atomic mass is 35.5. The number of aromatic nitrogens is 2. The summed E-state index contributed by atoms with van der Waals surface area (Å²) >= 11 is 7.60. The lowest BCUT2D eigenvalue weighted by atomic mass is 10.1. The molecule has 4 nitrogen and oxygen atoms in total. The van der Waals surface area contributed by atoms with E-state index >= 15 is 0 Å². The molecule has 2 aromatic heterocycles. The molecule has 106 valence electrons. The average Bonchev–Trinajstić information content (AvgIpc) is 3.16. The number of nitrogens with zero attached hydrogens (tertiary/aromatic N) is 1. The maximum absolute atomic E-state index is 12.3. The number of nitrogens with one attached hydrogen (secondary N) is 2. The molecule has 3 aromatic rings. The highest BCUT2D eigenvalue weighted by Crippen LogP contribution is 2.24. The van der Waals surface area contributed by atoms with Gasteiger partial charge in [-0.1, -0.05) is 29.8 Å². The molecular formula is C15H12ClN3OS. The monoisotopic (exact) mass is 317 g/mol. The van der Waals surface area contributed by atoms with Gasteiger partial charge in [-0.3, -0.25) is 9.89 Å². The third-order valence-electron chi connectivity index (χ3n) is 3.00. The molecule has 2 heterocycles. The minimum Gasteiger partial charge on any atom is -0.347 e. The van der Waals surface area contributed by atoms with E-state index < -0.39 is 0 Å². The van der Waals surface area contributed by atoms with Crippen LogP contribution in [0.3, 0.4) is 0 Å². The van der Waals surface area contributed by atoms with Crippen molar-refractivity contribution in [2.75, 3.05) is 0 Å². The van der Waals surface area contributed by atoms with Crippen molar-refractivity contribution in [1.82, 2.24) is 15.5 Å². The second kappa shape index (κ2) is 6.11. The first kappa shape index (κ1) is 13.9. The third kappa shape index (κ3) is 3.15. The molecule has 0 aliphatic carbocycles. The van der Waals surface area contributed by atoms with Crippen LogP contribution in [0, 0.1) is 0 Å². The molecule has 6 heteroatoms. The summed E-state index contributed by atoms with van der Waals surface area (Å²) < 4.78 is 0. The summed E-state index contributed by atoms with van der Waals surface area (Å²) in [5, 5.41) is 12.3. The van der Waals surface area contributed by atoms with Gasteiger partial charge in [0.1, 0.15) is 0 Å². The van der Waals surface area contributed by atoms with Gasteiger partial charge in [-0.25, -0.2) is 0 Å². The number of thiophene rings is 1. The van der Waals surface area contributed by atoms with Crippen LogP contribution in [0.4, 0.5) is 0 Å². The maximum atomic E-state index is 12.3. The van der Waals surface area contributed by atoms with Gasteiger partial charge in [-0.15, -0.1) is 11.3 Å². The number of amides is 1. The van der Waals surface area contributed by atoms with Gasteiger partial charge in [0.15, 0.2) is 0 Å². The molecule has 0 bridgehead atoms. The Morgan fingerprint density at radius 1 is 1.33 bits per heavy atom. The fourth-order valence-corrected chi connectivity index (χ4v) is 2.83. The van der Waals surface area contributed by atoms with E-state index in [-0.39, 0.29) is 5.91 Å². The summed E-state index contributed by atoms with van der Waals surface area (Å²) in [6.45, 7) is 0.511. The van der Waals surface area contributed by atoms with E-state index in [9.17, 15) is 4.79 Å². The molecule has 0 saturated heterocycles. The fourth-order valence-electron chi connectivity index (χ4n) is 2.00. The van der Waals surface area contributed by atoms with Gasteiger partial charge in [0.05, 0.1) is 24.0 Å². The van der Waals surface area contributed by atoms with Crippen LogP contribution in [0.25, 0.3) is 11.3 Å². The van der Waals surface area contributed by atoms with Gasteiger partial charge in [0.25, 0.3) is 5.91 Å². The Labute approximate surface area is 130 Å². The van der Waals surface area contributed by atoms with Gasteiger partial charge in [-0.2, -0.15) is 5.10 Å². The predicted molar refractivity (Wildman–Crippen MR) is 84.5 cm³/mol. The molecule has 0 aliphatic heterocycles. The molecule has 1 aromatic carbocycles. The molecule has 1 amide bonds. The highest BCUT2D eigenvalue weighted by molar-refractivity contribution is 7.09. The molecule has 0 aliphatic rings. The van der Waals surface area contributed by atoms with Crippen LogP contribution in [0.15, 0.2) is 48.0 Å². The number of carbonyl (C=O) groups is 1. The fraction of sp³-hybridized carbons (Fsp3) is 0.0667. The van der Waals surface area contributed by atoms with Crippen LogP contribution in [-0.4, -0.2) is 16.1 Å². The van der Waals surface area contributed by atoms with Crippen LogP contribution < -0.4 is 5.32 Å². The van der Waals surface area contributed by atoms with Crippen LogP contribution in [0.1, 0.15) is 15.2 Å². The number of carbonyl (C=O) groups excluding carboxylic acids is 1. The Kier molecular flexibility index (Phi) is 4.03. The average molecular weight is 318 g/mol. The highest BCUT2D eigenvalue weighted by Gasteiger charge is 2.15. The quantitative estimate of drug-likeness (QED) is 0.770. The first-order valence-electron chi connectivity index (χ1n) is 6.34. The number of hydrogen-bond acceptors (Lipinski definition) is 3. The van der Waals surface area contributed by atoms with Crippen molar-refractivity contribution >= 4 is 28.8 Å². The van der Waals surface area contributed by atoms with Gasteiger partial charge < -0.3 is 5.32 Å². The molecule has 0 unspecified atom stereocenters. The number of H-pyrrole nitrogens is 1. The number of aromatic amines is 1. The Balaban J connectivity index is 1.80. The second-order valence-electron chi connectivity index (χ2n) is 4.43. The van der Waals surface area contributed by atoms with Crippen molar-refractivity contribution in [3.8, 4) is 11.3 Å². The van der Waals surface area contributed by atoms with E-state index in [0.717, 1.165) is 10.4 Å². The van der Waals surface area contributed by atoms with Gasteiger partial charge in [0, 0.05) is 15.5 Å². The zero-order valence-electron chi connectivity index (χ0n) is 11.0. The third-order valence-corrected chi connectivity index (χ3v) is 4.11. The van der Waals surface area contributed by atoms with Crippen LogP contribution in [0.5, 0.6) is 0 Å². The zero-order valence-corrected chi connectivity index (χ0v) is 12.5. The lowest BCUT2D eigenvalue weighted by molar-refractivity contribution is 0.0952. The van der Waals surface area contributed by atoms with Crippen LogP contribution in [0.2, 0.25) is 5.02 Å². The molecule has 0 atom stereocenters. The topological polar surface area (TPSA) is 57.8 Å². The van der Waals surface area contributed by atoms with Crippen molar-refractivity contribution in [2.45, 2.75) is 6.54 Å². The summed E-state index contributed by atoms with van der Waals surface area (Å²) in [6.07, 6.45) is 1.53. The molecule has 0 saturated carbocycles. The number of rotatable bonds is 4. The standard InChI is InChI=1S/C15H12ClN3OS/c16-11-4-1-3-10(7-11)14-13(9-18-19-14)15(20)17-8-12-5-2-6-21-12/h1-7,9H,8H2,(H,17,20)(H,18,19). The van der Waals surface area contributed by atoms with Crippen molar-refractivity contribution < 1.29 is 4.79 Å². The summed E-state index contributed by atoms with van der Waals surface area (Å²) in [5.74, 6) is -0.160. The molecule has 2 N–H and O–H groups in total. The summed E-state index contributed by atoms with van der Waals surface area (Å²) in [7, 11) is 0. The van der Waals surface area contributed by atoms with Crippen molar-refractivity contribution in [1.29, 1.82) is 0 Å². The first-order chi connectivity index (χ1) is 10.2. The van der Waals surface area contributed by atoms with Crippen LogP contribution >= 0.6 is 22.9 Å². The van der Waals surface area contributed by atoms with Crippen molar-refractivity contribution in [2.24, 2.45) is 0 Å². The lowest BCUT2D eigenvalue weighted by Crippen LogP contribution is -2.22. The SMILES string of the molecule is O=C(NCc1cccs1)c1cn[nH]c1-c1cccc(Cl)c1. The van der Waals surface area contributed by atoms with Gasteiger partial charge in [-0.05, 0) is 23.6 Å². The minimum absolute atomic E-state index is 0.160. The Morgan fingerprint density at radius 3 is 3.00 bits per heavy atom. The second-order valence-corrected chi connectivity index (χ2v) is 5.90. The van der Waals surface area contributed by atoms with E-state index in [1.165, 1.54) is 6.20 Å². The lowest BCUT2D eigenvalue weighted by Gasteiger charge is -2.05. The minimum atomic E-state index is -0.160. The molecular weight excluding hydrogens is 306 g/mol. The smallest absolute Gasteiger partial charge is 0.255 e. The summed E-state index contributed by atoms with van der Waals surface area (Å²) in [6, 6.07) is 11.3. The van der Waals surface area contributed by atoms with E-state index in [4.69, 9.17) is 11.6 Å². The van der Waals surface area contributed by atoms with E-state index in [2.05, 4.69) is 15.5 Å². The summed E-state index contributed by atoms with van der Waals surface area (Å²) in [5.41, 5.74) is 2.01. The Hall–Kier alpha value is -2.11. The van der Waals surface area contributed by atoms with E-state index in [0.29, 0.717) is 22.8 Å². The van der Waals surface area contributed by atoms with Crippen molar-refractivity contribution in [3.05, 3.63) is 63.4 Å². The van der Waals surface area contributed by atoms with Crippen LogP contribution in [-0.2, 0) is 6.54 Å². The van der Waals surface area contributed by atoms with Gasteiger partial charge in [0.2, 0.25) is 0 Å². The Morgan fingerprint density at radius 2 is 2.24 bits per heavy atom. The molecule has 0 spiro atoms. The zero-order chi connectivity index (χ0) is 14.7. The molecule has 21 heavy (non-hydrogen) atoms. The molecule has 0 radical (unpaired) electrons. The molecule has 3 rings (SSSR count). The predicted octanol–water partition coefficient (Wildman–Crippen LogP) is 3.72. The number of hydrogen-bond donors (Lipinski definition) is 2. The summed E-state index contributed by atoms with van der Waals surface area (Å²) in [4.78, 5) is 13.4.